The fraction of sp³-hybridized carbons (Fsp3) is 0.219. The lowest BCUT2D eigenvalue weighted by molar-refractivity contribution is -0.385. The van der Waals surface area contributed by atoms with Crippen molar-refractivity contribution in [3.63, 3.8) is 0 Å². The van der Waals surface area contributed by atoms with Gasteiger partial charge in [0.25, 0.3) is 5.56 Å². The van der Waals surface area contributed by atoms with Gasteiger partial charge < -0.3 is 18.9 Å². The van der Waals surface area contributed by atoms with E-state index in [-0.39, 0.29) is 28.2 Å². The van der Waals surface area contributed by atoms with Crippen LogP contribution in [0.4, 0.5) is 18.9 Å². The van der Waals surface area contributed by atoms with E-state index in [4.69, 9.17) is 18.9 Å². The van der Waals surface area contributed by atoms with Gasteiger partial charge in [0.2, 0.25) is 5.75 Å². The van der Waals surface area contributed by atoms with Crippen LogP contribution < -0.4 is 29.1 Å². The van der Waals surface area contributed by atoms with Crippen LogP contribution in [0.5, 0.6) is 23.0 Å². The molecule has 0 saturated heterocycles. The number of carbonyl (C=O) groups is 1. The first-order valence-corrected chi connectivity index (χ1v) is 14.7. The highest BCUT2D eigenvalue weighted by Gasteiger charge is 2.35. The third-order valence-corrected chi connectivity index (χ3v) is 8.12. The van der Waals surface area contributed by atoms with E-state index in [2.05, 4.69) is 4.99 Å². The van der Waals surface area contributed by atoms with Crippen LogP contribution in [0.1, 0.15) is 36.6 Å². The van der Waals surface area contributed by atoms with E-state index in [0.29, 0.717) is 39.5 Å². The van der Waals surface area contributed by atoms with Crippen molar-refractivity contribution in [2.45, 2.75) is 26.1 Å². The Hall–Kier alpha value is -5.44. The van der Waals surface area contributed by atoms with Gasteiger partial charge in [-0.3, -0.25) is 19.5 Å². The van der Waals surface area contributed by atoms with E-state index >= 15 is 0 Å². The number of aromatic nitrogens is 1. The van der Waals surface area contributed by atoms with Crippen LogP contribution in [-0.4, -0.2) is 36.3 Å². The summed E-state index contributed by atoms with van der Waals surface area (Å²) >= 11 is 1.10. The Balaban J connectivity index is 1.56. The summed E-state index contributed by atoms with van der Waals surface area (Å²) in [5, 5.41) is 11.5. The Morgan fingerprint density at radius 3 is 2.36 bits per heavy atom. The second kappa shape index (κ2) is 13.1. The Labute approximate surface area is 268 Å². The van der Waals surface area contributed by atoms with Crippen LogP contribution in [-0.2, 0) is 15.7 Å². The number of thiazole rings is 1. The third kappa shape index (κ3) is 6.60. The number of nitro groups is 1. The second-order valence-corrected chi connectivity index (χ2v) is 11.0. The van der Waals surface area contributed by atoms with Gasteiger partial charge in [0.15, 0.2) is 16.3 Å². The van der Waals surface area contributed by atoms with Gasteiger partial charge in [-0.25, -0.2) is 9.79 Å². The number of alkyl halides is 3. The highest BCUT2D eigenvalue weighted by molar-refractivity contribution is 7.07. The molecule has 0 unspecified atom stereocenters. The smallest absolute Gasteiger partial charge is 0.416 e. The molecule has 1 aromatic heterocycles. The molecule has 11 nitrogen and oxygen atoms in total. The fourth-order valence-electron chi connectivity index (χ4n) is 4.94. The first-order valence-electron chi connectivity index (χ1n) is 13.9. The summed E-state index contributed by atoms with van der Waals surface area (Å²) in [6.07, 6.45) is -3.21. The number of ether oxygens (including phenoxy) is 4. The first-order chi connectivity index (χ1) is 22.4. The number of nitrogens with zero attached hydrogens (tertiary/aromatic N) is 3. The molecule has 0 spiro atoms. The summed E-state index contributed by atoms with van der Waals surface area (Å²) in [6.45, 7) is 3.48. The summed E-state index contributed by atoms with van der Waals surface area (Å²) in [7, 11) is 2.84. The first kappa shape index (κ1) is 32.9. The number of carbonyl (C=O) groups excluding carboxylic acids is 1. The van der Waals surface area contributed by atoms with Gasteiger partial charge in [-0.05, 0) is 67.4 Å². The molecule has 0 radical (unpaired) electrons. The van der Waals surface area contributed by atoms with Crippen molar-refractivity contribution >= 4 is 29.1 Å². The van der Waals surface area contributed by atoms with Gasteiger partial charge in [-0.15, -0.1) is 0 Å². The van der Waals surface area contributed by atoms with E-state index in [9.17, 15) is 32.9 Å². The lowest BCUT2D eigenvalue weighted by Gasteiger charge is -2.24. The Morgan fingerprint density at radius 1 is 1.04 bits per heavy atom. The number of hydrogen-bond acceptors (Lipinski definition) is 10. The quantitative estimate of drug-likeness (QED) is 0.129. The molecule has 0 aliphatic carbocycles. The molecule has 0 N–H and O–H groups in total. The zero-order valence-electron chi connectivity index (χ0n) is 25.3. The molecule has 244 valence electrons. The normalized spacial score (nSPS) is 14.7. The van der Waals surface area contributed by atoms with Crippen molar-refractivity contribution < 1.29 is 41.8 Å². The van der Waals surface area contributed by atoms with Crippen molar-refractivity contribution in [2.24, 2.45) is 4.99 Å². The predicted octanol–water partition coefficient (Wildman–Crippen LogP) is 5.53. The average molecular weight is 670 g/mol. The summed E-state index contributed by atoms with van der Waals surface area (Å²) in [4.78, 5) is 42.4. The van der Waals surface area contributed by atoms with Crippen LogP contribution in [0.3, 0.4) is 0 Å². The molecule has 5 rings (SSSR count). The second-order valence-electron chi connectivity index (χ2n) is 10.0. The molecule has 2 heterocycles. The van der Waals surface area contributed by atoms with E-state index in [0.717, 1.165) is 17.4 Å². The molecular formula is C32H26F3N3O8S. The molecule has 15 heteroatoms. The summed E-state index contributed by atoms with van der Waals surface area (Å²) in [5.74, 6) is -0.347. The lowest BCUT2D eigenvalue weighted by atomic mass is 9.96. The number of halogens is 3. The van der Waals surface area contributed by atoms with Gasteiger partial charge in [0, 0.05) is 6.07 Å². The Morgan fingerprint density at radius 2 is 1.74 bits per heavy atom. The number of esters is 1. The standard InChI is InChI=1S/C32H26F3N3O8S/c1-5-45-30(40)27-17(2)36-31-37(28(27)19-7-10-21(43-3)11-8-19)29(39)26(47-31)15-18-6-12-24(25(14-18)44-4)46-23-13-9-20(32(33,34)35)16-22(23)38(41)42/h6-16,28H,5H2,1-4H3/b26-15+/t28-/m1/s1. The van der Waals surface area contributed by atoms with Crippen LogP contribution in [0.2, 0.25) is 0 Å². The molecule has 0 bridgehead atoms. The summed E-state index contributed by atoms with van der Waals surface area (Å²) in [5.41, 5.74) is -0.771. The molecule has 0 saturated carbocycles. The Bertz CT molecular complexity index is 2090. The van der Waals surface area contributed by atoms with Crippen molar-refractivity contribution in [1.82, 2.24) is 4.57 Å². The van der Waals surface area contributed by atoms with Gasteiger partial charge >= 0.3 is 17.8 Å². The van der Waals surface area contributed by atoms with Crippen LogP contribution in [0.25, 0.3) is 6.08 Å². The summed E-state index contributed by atoms with van der Waals surface area (Å²) in [6, 6.07) is 12.5. The maximum absolute atomic E-state index is 13.9. The molecular weight excluding hydrogens is 643 g/mol. The van der Waals surface area contributed by atoms with Crippen LogP contribution in [0, 0.1) is 10.1 Å². The number of rotatable bonds is 9. The molecule has 47 heavy (non-hydrogen) atoms. The zero-order valence-corrected chi connectivity index (χ0v) is 26.1. The van der Waals surface area contributed by atoms with Crippen molar-refractivity contribution in [1.29, 1.82) is 0 Å². The van der Waals surface area contributed by atoms with E-state index < -0.39 is 45.7 Å². The monoisotopic (exact) mass is 669 g/mol. The summed E-state index contributed by atoms with van der Waals surface area (Å²) < 4.78 is 62.7. The van der Waals surface area contributed by atoms with Gasteiger partial charge in [0.1, 0.15) is 5.75 Å². The number of methoxy groups -OCH3 is 2. The highest BCUT2D eigenvalue weighted by atomic mass is 32.1. The number of allylic oxidation sites excluding steroid dienone is 1. The average Bonchev–Trinajstić information content (AvgIpc) is 3.34. The molecule has 1 atom stereocenters. The fourth-order valence-corrected chi connectivity index (χ4v) is 5.99. The third-order valence-electron chi connectivity index (χ3n) is 7.14. The molecule has 4 aromatic rings. The molecule has 1 aliphatic rings. The van der Waals surface area contributed by atoms with E-state index in [1.54, 1.807) is 50.3 Å². The van der Waals surface area contributed by atoms with Crippen molar-refractivity contribution in [2.75, 3.05) is 20.8 Å². The van der Waals surface area contributed by atoms with Crippen LogP contribution in [0.15, 0.2) is 81.7 Å². The maximum atomic E-state index is 13.9. The zero-order chi connectivity index (χ0) is 34.0. The minimum Gasteiger partial charge on any atom is -0.497 e. The number of nitro benzene ring substituents is 1. The minimum absolute atomic E-state index is 0.0109. The number of benzene rings is 3. The largest absolute Gasteiger partial charge is 0.497 e. The highest BCUT2D eigenvalue weighted by Crippen LogP contribution is 2.40. The minimum atomic E-state index is -4.78. The van der Waals surface area contributed by atoms with Gasteiger partial charge in [0.05, 0.1) is 53.2 Å². The van der Waals surface area contributed by atoms with Crippen molar-refractivity contribution in [3.05, 3.63) is 118 Å². The predicted molar refractivity (Wildman–Crippen MR) is 165 cm³/mol. The van der Waals surface area contributed by atoms with Crippen molar-refractivity contribution in [3.8, 4) is 23.0 Å². The molecule has 0 amide bonds. The molecule has 1 aliphatic heterocycles. The maximum Gasteiger partial charge on any atom is 0.416 e. The lowest BCUT2D eigenvalue weighted by Crippen LogP contribution is -2.39. The Kier molecular flexibility index (Phi) is 9.19. The SMILES string of the molecule is CCOC(=O)C1=C(C)N=c2s/c(=C/c3ccc(Oc4ccc(C(F)(F)F)cc4[N+](=O)[O-])c(OC)c3)c(=O)n2[C@@H]1c1ccc(OC)cc1. The number of hydrogen-bond donors (Lipinski definition) is 0. The topological polar surface area (TPSA) is 131 Å². The van der Waals surface area contributed by atoms with E-state index in [1.807, 2.05) is 0 Å². The van der Waals surface area contributed by atoms with E-state index in [1.165, 1.54) is 30.9 Å². The van der Waals surface area contributed by atoms with Gasteiger partial charge in [-0.1, -0.05) is 29.5 Å². The van der Waals surface area contributed by atoms with Gasteiger partial charge in [-0.2, -0.15) is 13.2 Å². The molecule has 0 fully saturated rings. The molecule has 3 aromatic carbocycles. The number of fused-ring (bicyclic) bond motifs is 1. The van der Waals surface area contributed by atoms with Crippen LogP contribution >= 0.6 is 11.3 Å².